The van der Waals surface area contributed by atoms with Crippen molar-refractivity contribution in [1.82, 2.24) is 10.2 Å². The van der Waals surface area contributed by atoms with Crippen LogP contribution in [0, 0.1) is 5.92 Å². The van der Waals surface area contributed by atoms with E-state index in [0.717, 1.165) is 16.3 Å². The number of nitrogens with zero attached hydrogens (tertiary/aromatic N) is 1. The second-order valence-corrected chi connectivity index (χ2v) is 7.44. The van der Waals surface area contributed by atoms with Gasteiger partial charge in [-0.3, -0.25) is 4.79 Å². The number of primary amides is 1. The molecule has 2 unspecified atom stereocenters. The Kier molecular flexibility index (Phi) is 7.55. The second kappa shape index (κ2) is 9.88. The number of nitrogens with one attached hydrogen (secondary N) is 1. The van der Waals surface area contributed by atoms with Gasteiger partial charge in [0.25, 0.3) is 0 Å². The van der Waals surface area contributed by atoms with Crippen LogP contribution in [0.1, 0.15) is 19.4 Å². The van der Waals surface area contributed by atoms with Crippen molar-refractivity contribution in [2.75, 3.05) is 13.1 Å². The van der Waals surface area contributed by atoms with Gasteiger partial charge in [0, 0.05) is 13.0 Å². The van der Waals surface area contributed by atoms with Crippen LogP contribution in [0.4, 0.5) is 4.79 Å². The summed E-state index contributed by atoms with van der Waals surface area (Å²) >= 11 is 0. The summed E-state index contributed by atoms with van der Waals surface area (Å²) in [5, 5.41) is 23.2. The molecule has 0 aliphatic rings. The first-order valence-electron chi connectivity index (χ1n) is 9.40. The summed E-state index contributed by atoms with van der Waals surface area (Å²) in [6.07, 6.45) is -1.52. The highest BCUT2D eigenvalue weighted by Crippen LogP contribution is 2.17. The predicted octanol–water partition coefficient (Wildman–Crippen LogP) is 1.35. The van der Waals surface area contributed by atoms with Crippen LogP contribution in [-0.4, -0.2) is 58.3 Å². The lowest BCUT2D eigenvalue weighted by Crippen LogP contribution is -2.53. The number of urea groups is 1. The van der Waals surface area contributed by atoms with E-state index in [4.69, 9.17) is 10.8 Å². The summed E-state index contributed by atoms with van der Waals surface area (Å²) in [6, 6.07) is 11.9. The highest BCUT2D eigenvalue weighted by atomic mass is 16.4. The predicted molar refractivity (Wildman–Crippen MR) is 109 cm³/mol. The molecule has 0 aliphatic heterocycles. The molecule has 29 heavy (non-hydrogen) atoms. The van der Waals surface area contributed by atoms with Crippen LogP contribution in [0.15, 0.2) is 42.5 Å². The number of fused-ring (bicyclic) bond motifs is 1. The molecule has 3 amide bonds. The molecule has 156 valence electrons. The summed E-state index contributed by atoms with van der Waals surface area (Å²) in [5.74, 6) is -2.08. The first-order valence-corrected chi connectivity index (χ1v) is 9.40. The number of hydrogen-bond donors (Lipinski definition) is 4. The van der Waals surface area contributed by atoms with Gasteiger partial charge in [0.1, 0.15) is 6.04 Å². The first kappa shape index (κ1) is 22.2. The number of aliphatic hydroxyl groups is 1. The lowest BCUT2D eigenvalue weighted by atomic mass is 10.0. The Balaban J connectivity index is 2.14. The lowest BCUT2D eigenvalue weighted by molar-refractivity contribution is -0.147. The number of aliphatic hydroxyl groups excluding tert-OH is 1. The van der Waals surface area contributed by atoms with Crippen LogP contribution >= 0.6 is 0 Å². The molecule has 0 aromatic heterocycles. The van der Waals surface area contributed by atoms with Gasteiger partial charge in [0.05, 0.1) is 6.54 Å². The number of carbonyl (C=O) groups is 3. The van der Waals surface area contributed by atoms with E-state index in [0.29, 0.717) is 0 Å². The number of carboxylic acids is 1. The minimum Gasteiger partial charge on any atom is -0.479 e. The fourth-order valence-electron chi connectivity index (χ4n) is 3.03. The summed E-state index contributed by atoms with van der Waals surface area (Å²) in [6.45, 7) is 3.54. The molecule has 5 N–H and O–H groups in total. The van der Waals surface area contributed by atoms with Gasteiger partial charge in [-0.2, -0.15) is 0 Å². The molecular weight excluding hydrogens is 374 g/mol. The number of rotatable bonds is 9. The molecule has 2 rings (SSSR count). The number of aliphatic carboxylic acids is 1. The van der Waals surface area contributed by atoms with E-state index in [1.165, 1.54) is 4.90 Å². The van der Waals surface area contributed by atoms with E-state index in [9.17, 15) is 19.5 Å². The molecule has 8 heteroatoms. The molecule has 2 atom stereocenters. The van der Waals surface area contributed by atoms with E-state index in [1.807, 2.05) is 56.3 Å². The van der Waals surface area contributed by atoms with E-state index in [1.54, 1.807) is 0 Å². The number of nitrogens with two attached hydrogens (primary N) is 1. The molecule has 0 saturated carbocycles. The normalized spacial score (nSPS) is 13.1. The minimum atomic E-state index is -1.72. The Hall–Kier alpha value is -3.13. The van der Waals surface area contributed by atoms with E-state index < -0.39 is 30.1 Å². The van der Waals surface area contributed by atoms with Crippen molar-refractivity contribution in [3.05, 3.63) is 48.0 Å². The van der Waals surface area contributed by atoms with E-state index in [-0.39, 0.29) is 25.4 Å². The van der Waals surface area contributed by atoms with Crippen molar-refractivity contribution in [3.8, 4) is 0 Å². The van der Waals surface area contributed by atoms with E-state index >= 15 is 0 Å². The molecule has 2 aromatic carbocycles. The van der Waals surface area contributed by atoms with Gasteiger partial charge in [0.2, 0.25) is 5.91 Å². The third-order valence-corrected chi connectivity index (χ3v) is 4.45. The molecular formula is C21H27N3O5. The Morgan fingerprint density at radius 2 is 1.72 bits per heavy atom. The van der Waals surface area contributed by atoms with Crippen LogP contribution in [0.2, 0.25) is 0 Å². The monoisotopic (exact) mass is 401 g/mol. The average Bonchev–Trinajstić information content (AvgIpc) is 2.66. The zero-order valence-corrected chi connectivity index (χ0v) is 16.5. The van der Waals surface area contributed by atoms with E-state index in [2.05, 4.69) is 5.32 Å². The maximum atomic E-state index is 12.7. The minimum absolute atomic E-state index is 0.0364. The molecule has 0 bridgehead atoms. The third kappa shape index (κ3) is 6.46. The Bertz CT molecular complexity index is 884. The standard InChI is InChI=1S/C21H27N3O5/c1-13(2)11-24(12-18(25)20(27)28)21(29)23-17(19(22)26)10-14-7-8-15-5-3-4-6-16(15)9-14/h3-9,13,17-18,25H,10-12H2,1-2H3,(H2,22,26)(H,23,29)(H,27,28). The molecule has 0 saturated heterocycles. The number of amides is 3. The Labute approximate surface area is 169 Å². The number of carbonyl (C=O) groups excluding carboxylic acids is 2. The largest absolute Gasteiger partial charge is 0.479 e. The van der Waals surface area contributed by atoms with Crippen molar-refractivity contribution in [1.29, 1.82) is 0 Å². The van der Waals surface area contributed by atoms with Crippen molar-refractivity contribution >= 4 is 28.7 Å². The average molecular weight is 401 g/mol. The first-order chi connectivity index (χ1) is 13.7. The zero-order chi connectivity index (χ0) is 21.6. The topological polar surface area (TPSA) is 133 Å². The molecule has 0 radical (unpaired) electrons. The summed E-state index contributed by atoms with van der Waals surface area (Å²) < 4.78 is 0. The van der Waals surface area contributed by atoms with Gasteiger partial charge >= 0.3 is 12.0 Å². The van der Waals surface area contributed by atoms with Gasteiger partial charge in [-0.05, 0) is 22.3 Å². The maximum Gasteiger partial charge on any atom is 0.334 e. The SMILES string of the molecule is CC(C)CN(CC(O)C(=O)O)C(=O)NC(Cc1ccc2ccccc2c1)C(N)=O. The number of hydrogen-bond acceptors (Lipinski definition) is 4. The van der Waals surface area contributed by atoms with Crippen molar-refractivity contribution in [2.24, 2.45) is 11.7 Å². The second-order valence-electron chi connectivity index (χ2n) is 7.44. The molecule has 0 heterocycles. The molecule has 0 fully saturated rings. The molecule has 8 nitrogen and oxygen atoms in total. The van der Waals surface area contributed by atoms with Gasteiger partial charge in [0.15, 0.2) is 6.10 Å². The Morgan fingerprint density at radius 3 is 2.31 bits per heavy atom. The maximum absolute atomic E-state index is 12.7. The van der Waals surface area contributed by atoms with Crippen molar-refractivity contribution < 1.29 is 24.6 Å². The smallest absolute Gasteiger partial charge is 0.334 e. The molecule has 2 aromatic rings. The molecule has 0 aliphatic carbocycles. The van der Waals surface area contributed by atoms with Crippen molar-refractivity contribution in [2.45, 2.75) is 32.4 Å². The van der Waals surface area contributed by atoms with Crippen molar-refractivity contribution in [3.63, 3.8) is 0 Å². The lowest BCUT2D eigenvalue weighted by Gasteiger charge is -2.28. The quantitative estimate of drug-likeness (QED) is 0.503. The van der Waals surface area contributed by atoms with Gasteiger partial charge < -0.3 is 26.2 Å². The van der Waals surface area contributed by atoms with Gasteiger partial charge in [-0.25, -0.2) is 9.59 Å². The Morgan fingerprint density at radius 1 is 1.07 bits per heavy atom. The summed E-state index contributed by atoms with van der Waals surface area (Å²) in [7, 11) is 0. The fraction of sp³-hybridized carbons (Fsp3) is 0.381. The van der Waals surface area contributed by atoms with Gasteiger partial charge in [-0.1, -0.05) is 56.3 Å². The highest BCUT2D eigenvalue weighted by molar-refractivity contribution is 5.87. The summed E-state index contributed by atoms with van der Waals surface area (Å²) in [5.41, 5.74) is 6.31. The van der Waals surface area contributed by atoms with Crippen LogP contribution in [-0.2, 0) is 16.0 Å². The number of carboxylic acid groups (broad SMARTS) is 1. The van der Waals surface area contributed by atoms with Gasteiger partial charge in [-0.15, -0.1) is 0 Å². The van der Waals surface area contributed by atoms with Crippen LogP contribution in [0.25, 0.3) is 10.8 Å². The number of benzene rings is 2. The van der Waals surface area contributed by atoms with Crippen LogP contribution in [0.3, 0.4) is 0 Å². The zero-order valence-electron chi connectivity index (χ0n) is 16.5. The van der Waals surface area contributed by atoms with Crippen LogP contribution < -0.4 is 11.1 Å². The molecule has 0 spiro atoms. The summed E-state index contributed by atoms with van der Waals surface area (Å²) in [4.78, 5) is 36.7. The fourth-order valence-corrected chi connectivity index (χ4v) is 3.03. The highest BCUT2D eigenvalue weighted by Gasteiger charge is 2.26. The van der Waals surface area contributed by atoms with Crippen LogP contribution in [0.5, 0.6) is 0 Å². The third-order valence-electron chi connectivity index (χ3n) is 4.45.